The van der Waals surface area contributed by atoms with Crippen molar-refractivity contribution in [1.29, 1.82) is 0 Å². The second-order valence-electron chi connectivity index (χ2n) is 14.2. The molecule has 10 rings (SSSR count). The van der Waals surface area contributed by atoms with Crippen LogP contribution in [0.2, 0.25) is 0 Å². The van der Waals surface area contributed by atoms with Crippen molar-refractivity contribution >= 4 is 33.1 Å². The molecule has 0 aliphatic carbocycles. The van der Waals surface area contributed by atoms with Crippen molar-refractivity contribution in [3.63, 3.8) is 0 Å². The van der Waals surface area contributed by atoms with Crippen molar-refractivity contribution in [2.45, 2.75) is 6.17 Å². The maximum Gasteiger partial charge on any atom is 0.145 e. The van der Waals surface area contributed by atoms with Gasteiger partial charge in [-0.2, -0.15) is 0 Å². The standard InChI is InChI=1S/C53H37N3/c1-5-15-36(16-6-1)37-25-29-42(30-26-37)50-35-49(41-21-11-4-12-22-41)55-53(56-50)43-31-27-39(28-32-43)47-33-44-23-13-14-24-45(44)51-46(38-17-7-2-8-18-38)34-48(54-52(47)51)40-19-9-3-10-20-40/h1-35,53,55H. The number of pyridine rings is 1. The summed E-state index contributed by atoms with van der Waals surface area (Å²) in [6, 6.07) is 73.0. The molecule has 3 heteroatoms. The molecule has 0 saturated carbocycles. The van der Waals surface area contributed by atoms with Crippen LogP contribution in [0, 0.1) is 0 Å². The van der Waals surface area contributed by atoms with Gasteiger partial charge in [0.15, 0.2) is 0 Å². The molecule has 1 unspecified atom stereocenters. The van der Waals surface area contributed by atoms with Gasteiger partial charge >= 0.3 is 0 Å². The summed E-state index contributed by atoms with van der Waals surface area (Å²) in [6.45, 7) is 0. The van der Waals surface area contributed by atoms with Crippen LogP contribution in [0.5, 0.6) is 0 Å². The highest BCUT2D eigenvalue weighted by molar-refractivity contribution is 6.18. The number of aliphatic imine (C=N–C) groups is 1. The van der Waals surface area contributed by atoms with Crippen molar-refractivity contribution in [2.75, 3.05) is 0 Å². The van der Waals surface area contributed by atoms with Crippen LogP contribution in [0.15, 0.2) is 217 Å². The molecule has 0 saturated heterocycles. The molecule has 0 fully saturated rings. The van der Waals surface area contributed by atoms with Crippen LogP contribution in [-0.4, -0.2) is 10.7 Å². The minimum atomic E-state index is -0.270. The van der Waals surface area contributed by atoms with Gasteiger partial charge in [0.05, 0.1) is 16.9 Å². The number of nitrogens with zero attached hydrogens (tertiary/aromatic N) is 2. The molecule has 56 heavy (non-hydrogen) atoms. The molecule has 8 aromatic carbocycles. The Kier molecular flexibility index (Phi) is 8.58. The number of allylic oxidation sites excluding steroid dienone is 1. The quantitative estimate of drug-likeness (QED) is 0.167. The number of aromatic nitrogens is 1. The van der Waals surface area contributed by atoms with E-state index in [1.807, 2.05) is 0 Å². The highest BCUT2D eigenvalue weighted by Gasteiger charge is 2.21. The monoisotopic (exact) mass is 715 g/mol. The lowest BCUT2D eigenvalue weighted by Gasteiger charge is -2.25. The van der Waals surface area contributed by atoms with Crippen molar-refractivity contribution in [3.05, 3.63) is 229 Å². The van der Waals surface area contributed by atoms with Gasteiger partial charge in [-0.1, -0.05) is 194 Å². The number of hydrogen-bond acceptors (Lipinski definition) is 3. The van der Waals surface area contributed by atoms with E-state index in [-0.39, 0.29) is 6.17 Å². The summed E-state index contributed by atoms with van der Waals surface area (Å²) < 4.78 is 0. The molecular weight excluding hydrogens is 679 g/mol. The molecule has 0 spiro atoms. The lowest BCUT2D eigenvalue weighted by atomic mass is 9.90. The van der Waals surface area contributed by atoms with E-state index in [4.69, 9.17) is 9.98 Å². The maximum atomic E-state index is 5.44. The van der Waals surface area contributed by atoms with Gasteiger partial charge in [-0.25, -0.2) is 4.98 Å². The zero-order valence-corrected chi connectivity index (χ0v) is 30.7. The van der Waals surface area contributed by atoms with Crippen molar-refractivity contribution in [1.82, 2.24) is 10.3 Å². The minimum Gasteiger partial charge on any atom is -0.360 e. The fraction of sp³-hybridized carbons (Fsp3) is 0.0189. The second kappa shape index (κ2) is 14.5. The normalized spacial score (nSPS) is 13.9. The first-order valence-electron chi connectivity index (χ1n) is 19.1. The molecule has 1 aliphatic rings. The van der Waals surface area contributed by atoms with Gasteiger partial charge in [0.1, 0.15) is 6.17 Å². The van der Waals surface area contributed by atoms with E-state index in [0.29, 0.717) is 0 Å². The number of hydrogen-bond donors (Lipinski definition) is 1. The Morgan fingerprint density at radius 1 is 0.411 bits per heavy atom. The first-order valence-corrected chi connectivity index (χ1v) is 19.1. The molecule has 2 heterocycles. The Morgan fingerprint density at radius 2 is 0.929 bits per heavy atom. The van der Waals surface area contributed by atoms with E-state index < -0.39 is 0 Å². The Morgan fingerprint density at radius 3 is 1.61 bits per heavy atom. The Hall–Kier alpha value is -7.36. The van der Waals surface area contributed by atoms with Gasteiger partial charge in [-0.3, -0.25) is 4.99 Å². The molecule has 1 aromatic heterocycles. The first-order chi connectivity index (χ1) is 27.7. The second-order valence-corrected chi connectivity index (χ2v) is 14.2. The average Bonchev–Trinajstić information content (AvgIpc) is 3.29. The Labute approximate surface area is 327 Å². The minimum absolute atomic E-state index is 0.270. The van der Waals surface area contributed by atoms with Gasteiger partial charge in [0.25, 0.3) is 0 Å². The van der Waals surface area contributed by atoms with Crippen molar-refractivity contribution < 1.29 is 0 Å². The summed E-state index contributed by atoms with van der Waals surface area (Å²) in [5.41, 5.74) is 15.3. The Balaban J connectivity index is 1.08. The van der Waals surface area contributed by atoms with Gasteiger partial charge in [0, 0.05) is 22.2 Å². The largest absolute Gasteiger partial charge is 0.360 e. The number of rotatable bonds is 7. The van der Waals surface area contributed by atoms with Crippen LogP contribution in [0.1, 0.15) is 22.9 Å². The third-order valence-electron chi connectivity index (χ3n) is 10.7. The molecule has 1 atom stereocenters. The van der Waals surface area contributed by atoms with E-state index in [1.54, 1.807) is 0 Å². The number of nitrogens with one attached hydrogen (secondary N) is 1. The summed E-state index contributed by atoms with van der Waals surface area (Å²) in [5.74, 6) is 0. The molecule has 1 N–H and O–H groups in total. The van der Waals surface area contributed by atoms with E-state index in [2.05, 4.69) is 218 Å². The van der Waals surface area contributed by atoms with Gasteiger partial charge in [0.2, 0.25) is 0 Å². The van der Waals surface area contributed by atoms with Crippen LogP contribution < -0.4 is 5.32 Å². The van der Waals surface area contributed by atoms with Crippen molar-refractivity contribution in [2.24, 2.45) is 4.99 Å². The fourth-order valence-corrected chi connectivity index (χ4v) is 7.85. The highest BCUT2D eigenvalue weighted by atomic mass is 15.1. The lowest BCUT2D eigenvalue weighted by molar-refractivity contribution is 0.664. The summed E-state index contributed by atoms with van der Waals surface area (Å²) in [4.78, 5) is 10.7. The molecule has 1 aliphatic heterocycles. The molecule has 0 radical (unpaired) electrons. The molecule has 0 bridgehead atoms. The molecule has 9 aromatic rings. The third kappa shape index (κ3) is 6.36. The lowest BCUT2D eigenvalue weighted by Crippen LogP contribution is -2.24. The van der Waals surface area contributed by atoms with Gasteiger partial charge in [-0.15, -0.1) is 0 Å². The SMILES string of the molecule is C1=C(c2ccccc2)NC(c2ccc(-c3cc4ccccc4c4c(-c5ccccc5)cc(-c5ccccc5)nc34)cc2)N=C1c1ccc(-c2ccccc2)cc1. The summed E-state index contributed by atoms with van der Waals surface area (Å²) in [5, 5.41) is 7.29. The van der Waals surface area contributed by atoms with E-state index >= 15 is 0 Å². The zero-order valence-electron chi connectivity index (χ0n) is 30.7. The predicted octanol–water partition coefficient (Wildman–Crippen LogP) is 13.2. The van der Waals surface area contributed by atoms with Gasteiger partial charge < -0.3 is 5.32 Å². The zero-order chi connectivity index (χ0) is 37.3. The summed E-state index contributed by atoms with van der Waals surface area (Å²) in [6.07, 6.45) is 1.90. The first kappa shape index (κ1) is 33.2. The van der Waals surface area contributed by atoms with Crippen LogP contribution in [-0.2, 0) is 0 Å². The van der Waals surface area contributed by atoms with Crippen LogP contribution in [0.3, 0.4) is 0 Å². The van der Waals surface area contributed by atoms with Crippen LogP contribution in [0.25, 0.3) is 72.0 Å². The van der Waals surface area contributed by atoms with Crippen LogP contribution >= 0.6 is 0 Å². The Bertz CT molecular complexity index is 2880. The van der Waals surface area contributed by atoms with E-state index in [9.17, 15) is 0 Å². The molecule has 0 amide bonds. The molecule has 3 nitrogen and oxygen atoms in total. The highest BCUT2D eigenvalue weighted by Crippen LogP contribution is 2.41. The summed E-state index contributed by atoms with van der Waals surface area (Å²) in [7, 11) is 0. The predicted molar refractivity (Wildman–Crippen MR) is 234 cm³/mol. The average molecular weight is 716 g/mol. The van der Waals surface area contributed by atoms with E-state index in [0.717, 1.165) is 61.4 Å². The fourth-order valence-electron chi connectivity index (χ4n) is 7.85. The molecule has 264 valence electrons. The third-order valence-corrected chi connectivity index (χ3v) is 10.7. The number of benzene rings is 8. The number of fused-ring (bicyclic) bond motifs is 3. The molecular formula is C53H37N3. The van der Waals surface area contributed by atoms with Crippen molar-refractivity contribution in [3.8, 4) is 44.6 Å². The topological polar surface area (TPSA) is 37.3 Å². The maximum absolute atomic E-state index is 5.44. The van der Waals surface area contributed by atoms with Gasteiger partial charge in [-0.05, 0) is 73.5 Å². The smallest absolute Gasteiger partial charge is 0.145 e. The van der Waals surface area contributed by atoms with E-state index in [1.165, 1.54) is 33.0 Å². The summed E-state index contributed by atoms with van der Waals surface area (Å²) >= 11 is 0. The van der Waals surface area contributed by atoms with Crippen LogP contribution in [0.4, 0.5) is 0 Å².